The molecule has 27 heavy (non-hydrogen) atoms. The zero-order valence-electron chi connectivity index (χ0n) is 16.5. The van der Waals surface area contributed by atoms with E-state index in [2.05, 4.69) is 72.7 Å². The van der Waals surface area contributed by atoms with E-state index in [0.29, 0.717) is 13.2 Å². The zero-order chi connectivity index (χ0) is 19.3. The fraction of sp³-hybridized carbons (Fsp3) is 0.348. The zero-order valence-corrected chi connectivity index (χ0v) is 17.5. The second kappa shape index (κ2) is 8.68. The van der Waals surface area contributed by atoms with Gasteiger partial charge < -0.3 is 4.74 Å². The number of morpholine rings is 1. The third-order valence-electron chi connectivity index (χ3n) is 4.86. The lowest BCUT2D eigenvalue weighted by atomic mass is 9.96. The molecule has 4 heteroatoms. The molecule has 0 bridgehead atoms. The van der Waals surface area contributed by atoms with Gasteiger partial charge >= 0.3 is 5.97 Å². The van der Waals surface area contributed by atoms with Crippen molar-refractivity contribution in [3.63, 3.8) is 0 Å². The van der Waals surface area contributed by atoms with Crippen molar-refractivity contribution >= 4 is 14.0 Å². The van der Waals surface area contributed by atoms with Gasteiger partial charge in [0.15, 0.2) is 0 Å². The van der Waals surface area contributed by atoms with Crippen LogP contribution in [0, 0.1) is 0 Å². The minimum Gasteiger partial charge on any atom is -0.463 e. The minimum atomic E-state index is -1.26. The third kappa shape index (κ3) is 5.41. The largest absolute Gasteiger partial charge is 0.463 e. The highest BCUT2D eigenvalue weighted by molar-refractivity contribution is 6.80. The Morgan fingerprint density at radius 1 is 1.07 bits per heavy atom. The first-order chi connectivity index (χ1) is 12.9. The van der Waals surface area contributed by atoms with Crippen molar-refractivity contribution < 1.29 is 9.53 Å². The average Bonchev–Trinajstić information content (AvgIpc) is 2.66. The Bertz CT molecular complexity index is 768. The van der Waals surface area contributed by atoms with Gasteiger partial charge in [0.1, 0.15) is 6.61 Å². The summed E-state index contributed by atoms with van der Waals surface area (Å²) >= 11 is 0. The maximum Gasteiger partial charge on any atom is 0.320 e. The summed E-state index contributed by atoms with van der Waals surface area (Å²) in [6.07, 6.45) is 3.21. The van der Waals surface area contributed by atoms with E-state index in [1.165, 1.54) is 11.1 Å². The number of rotatable bonds is 6. The first-order valence-electron chi connectivity index (χ1n) is 9.63. The maximum atomic E-state index is 12.1. The van der Waals surface area contributed by atoms with Crippen LogP contribution in [0.4, 0.5) is 0 Å². The molecular formula is C23H29NO2Si. The molecule has 0 unspecified atom stereocenters. The summed E-state index contributed by atoms with van der Waals surface area (Å²) in [7, 11) is -1.26. The van der Waals surface area contributed by atoms with Crippen LogP contribution in [0.15, 0.2) is 72.4 Å². The molecule has 3 rings (SSSR count). The topological polar surface area (TPSA) is 29.5 Å². The Morgan fingerprint density at radius 2 is 1.70 bits per heavy atom. The summed E-state index contributed by atoms with van der Waals surface area (Å²) in [5, 5.41) is 0. The van der Waals surface area contributed by atoms with Crippen molar-refractivity contribution in [1.29, 1.82) is 0 Å². The summed E-state index contributed by atoms with van der Waals surface area (Å²) < 4.78 is 5.43. The van der Waals surface area contributed by atoms with E-state index in [1.807, 2.05) is 24.3 Å². The second-order valence-electron chi connectivity index (χ2n) is 8.21. The Morgan fingerprint density at radius 3 is 2.33 bits per heavy atom. The predicted molar refractivity (Wildman–Crippen MR) is 113 cm³/mol. The molecule has 0 saturated carbocycles. The van der Waals surface area contributed by atoms with Gasteiger partial charge in [0, 0.05) is 6.04 Å². The lowest BCUT2D eigenvalue weighted by molar-refractivity contribution is -0.157. The smallest absolute Gasteiger partial charge is 0.320 e. The Balaban J connectivity index is 1.94. The third-order valence-corrected chi connectivity index (χ3v) is 6.10. The van der Waals surface area contributed by atoms with Crippen LogP contribution < -0.4 is 0 Å². The molecule has 0 aliphatic carbocycles. The Kier molecular flexibility index (Phi) is 6.29. The highest BCUT2D eigenvalue weighted by Gasteiger charge is 2.34. The van der Waals surface area contributed by atoms with Crippen molar-refractivity contribution in [3.05, 3.63) is 83.6 Å². The lowest BCUT2D eigenvalue weighted by Crippen LogP contribution is -2.44. The monoisotopic (exact) mass is 379 g/mol. The summed E-state index contributed by atoms with van der Waals surface area (Å²) in [5.41, 5.74) is 4.83. The number of carbonyl (C=O) groups excluding carboxylic acids is 1. The second-order valence-corrected chi connectivity index (χ2v) is 13.3. The van der Waals surface area contributed by atoms with Crippen LogP contribution in [0.1, 0.15) is 29.6 Å². The van der Waals surface area contributed by atoms with Crippen LogP contribution in [0.25, 0.3) is 0 Å². The summed E-state index contributed by atoms with van der Waals surface area (Å²) in [6, 6.07) is 21.1. The van der Waals surface area contributed by atoms with E-state index in [1.54, 1.807) is 0 Å². The fourth-order valence-corrected chi connectivity index (χ4v) is 4.39. The highest BCUT2D eigenvalue weighted by Crippen LogP contribution is 2.35. The van der Waals surface area contributed by atoms with Crippen LogP contribution >= 0.6 is 0 Å². The van der Waals surface area contributed by atoms with Gasteiger partial charge in [0.2, 0.25) is 0 Å². The normalized spacial score (nSPS) is 19.8. The van der Waals surface area contributed by atoms with Crippen molar-refractivity contribution in [2.75, 3.05) is 13.2 Å². The van der Waals surface area contributed by atoms with Gasteiger partial charge in [-0.15, -0.1) is 0 Å². The molecule has 1 aliphatic rings. The molecule has 3 nitrogen and oxygen atoms in total. The summed E-state index contributed by atoms with van der Waals surface area (Å²) in [4.78, 5) is 14.5. The molecule has 142 valence electrons. The SMILES string of the molecule is C[Si](C)(C)/C=C/C[C@@H](c1ccccc1)N1CC(=O)OC[C@@H]1c1ccccc1. The first-order valence-corrected chi connectivity index (χ1v) is 13.2. The number of carbonyl (C=O) groups is 1. The van der Waals surface area contributed by atoms with E-state index in [4.69, 9.17) is 4.74 Å². The molecule has 1 saturated heterocycles. The van der Waals surface area contributed by atoms with Gasteiger partial charge in [-0.25, -0.2) is 0 Å². The number of cyclic esters (lactones) is 1. The van der Waals surface area contributed by atoms with Gasteiger partial charge in [-0.3, -0.25) is 9.69 Å². The minimum absolute atomic E-state index is 0.0781. The number of hydrogen-bond acceptors (Lipinski definition) is 3. The van der Waals surface area contributed by atoms with Gasteiger partial charge in [-0.1, -0.05) is 92.1 Å². The molecule has 0 aromatic heterocycles. The number of ether oxygens (including phenoxy) is 1. The molecule has 2 atom stereocenters. The van der Waals surface area contributed by atoms with Crippen molar-refractivity contribution in [1.82, 2.24) is 4.90 Å². The molecular weight excluding hydrogens is 350 g/mol. The molecule has 2 aromatic rings. The molecule has 1 aliphatic heterocycles. The molecule has 1 fully saturated rings. The van der Waals surface area contributed by atoms with E-state index in [9.17, 15) is 4.79 Å². The molecule has 1 heterocycles. The first kappa shape index (κ1) is 19.6. The maximum absolute atomic E-state index is 12.1. The van der Waals surface area contributed by atoms with E-state index >= 15 is 0 Å². The van der Waals surface area contributed by atoms with E-state index < -0.39 is 8.07 Å². The fourth-order valence-electron chi connectivity index (χ4n) is 3.55. The van der Waals surface area contributed by atoms with Crippen molar-refractivity contribution in [3.8, 4) is 0 Å². The lowest BCUT2D eigenvalue weighted by Gasteiger charge is -2.40. The van der Waals surface area contributed by atoms with Gasteiger partial charge in [0.25, 0.3) is 0 Å². The van der Waals surface area contributed by atoms with Crippen LogP contribution in [-0.2, 0) is 9.53 Å². The molecule has 0 amide bonds. The number of nitrogens with zero attached hydrogens (tertiary/aromatic N) is 1. The Hall–Kier alpha value is -2.17. The van der Waals surface area contributed by atoms with Crippen LogP contribution in [0.5, 0.6) is 0 Å². The molecule has 0 spiro atoms. The van der Waals surface area contributed by atoms with Gasteiger partial charge in [-0.05, 0) is 17.5 Å². The number of hydrogen-bond donors (Lipinski definition) is 0. The van der Waals surface area contributed by atoms with Crippen molar-refractivity contribution in [2.45, 2.75) is 38.1 Å². The average molecular weight is 380 g/mol. The highest BCUT2D eigenvalue weighted by atomic mass is 28.3. The van der Waals surface area contributed by atoms with Crippen LogP contribution in [-0.4, -0.2) is 32.1 Å². The Labute approximate surface area is 163 Å². The van der Waals surface area contributed by atoms with E-state index in [0.717, 1.165) is 6.42 Å². The van der Waals surface area contributed by atoms with Crippen molar-refractivity contribution in [2.24, 2.45) is 0 Å². The summed E-state index contributed by atoms with van der Waals surface area (Å²) in [5.74, 6) is -0.141. The quantitative estimate of drug-likeness (QED) is 0.513. The van der Waals surface area contributed by atoms with E-state index in [-0.39, 0.29) is 18.1 Å². The molecule has 0 N–H and O–H groups in total. The van der Waals surface area contributed by atoms with Crippen LogP contribution in [0.2, 0.25) is 19.6 Å². The molecule has 2 aromatic carbocycles. The standard InChI is InChI=1S/C23H29NO2Si/c1-27(2,3)16-10-15-21(19-11-6-4-7-12-19)24-17-23(25)26-18-22(24)20-13-8-5-9-14-20/h4-14,16,21-22H,15,17-18H2,1-3H3/b16-10+/t21-,22+/m0/s1. The van der Waals surface area contributed by atoms with Gasteiger partial charge in [-0.2, -0.15) is 0 Å². The molecule has 0 radical (unpaired) electrons. The number of benzene rings is 2. The van der Waals surface area contributed by atoms with Crippen LogP contribution in [0.3, 0.4) is 0 Å². The van der Waals surface area contributed by atoms with Gasteiger partial charge in [0.05, 0.1) is 20.7 Å². The number of esters is 1. The predicted octanol–water partition coefficient (Wildman–Crippen LogP) is 5.15. The summed E-state index contributed by atoms with van der Waals surface area (Å²) in [6.45, 7) is 7.74.